The van der Waals surface area contributed by atoms with Crippen molar-refractivity contribution in [2.24, 2.45) is 0 Å². The zero-order chi connectivity index (χ0) is 19.1. The third-order valence-electron chi connectivity index (χ3n) is 3.51. The highest BCUT2D eigenvalue weighted by molar-refractivity contribution is 7.13. The van der Waals surface area contributed by atoms with Crippen LogP contribution in [0.5, 0.6) is 11.5 Å². The first-order chi connectivity index (χ1) is 13.1. The number of nitrogens with one attached hydrogen (secondary N) is 2. The summed E-state index contributed by atoms with van der Waals surface area (Å²) in [6, 6.07) is 13.5. The second-order valence-electron chi connectivity index (χ2n) is 5.38. The van der Waals surface area contributed by atoms with Crippen molar-refractivity contribution in [3.63, 3.8) is 0 Å². The van der Waals surface area contributed by atoms with Gasteiger partial charge in [0.05, 0.1) is 7.11 Å². The molecule has 0 aliphatic rings. The van der Waals surface area contributed by atoms with Crippen LogP contribution >= 0.6 is 11.3 Å². The predicted octanol–water partition coefficient (Wildman–Crippen LogP) is 3.42. The molecule has 1 aromatic heterocycles. The fraction of sp³-hybridized carbons (Fsp3) is 0.105. The van der Waals surface area contributed by atoms with Crippen LogP contribution in [0, 0.1) is 0 Å². The lowest BCUT2D eigenvalue weighted by Crippen LogP contribution is -2.20. The minimum Gasteiger partial charge on any atom is -0.497 e. The summed E-state index contributed by atoms with van der Waals surface area (Å²) in [6.07, 6.45) is 1.62. The number of carbonyl (C=O) groups excluding carboxylic acids is 2. The molecule has 2 amide bonds. The van der Waals surface area contributed by atoms with Crippen molar-refractivity contribution in [3.8, 4) is 11.5 Å². The highest BCUT2D eigenvalue weighted by atomic mass is 32.1. The normalized spacial score (nSPS) is 10.1. The van der Waals surface area contributed by atoms with Crippen LogP contribution < -0.4 is 20.1 Å². The number of benzene rings is 2. The number of rotatable bonds is 7. The molecule has 3 rings (SSSR count). The third-order valence-corrected chi connectivity index (χ3v) is 4.20. The number of hydrogen-bond acceptors (Lipinski definition) is 6. The highest BCUT2D eigenvalue weighted by Gasteiger charge is 2.09. The molecule has 1 heterocycles. The molecule has 138 valence electrons. The Hall–Kier alpha value is -3.39. The maximum Gasteiger partial charge on any atom is 0.262 e. The Morgan fingerprint density at radius 3 is 2.33 bits per heavy atom. The van der Waals surface area contributed by atoms with E-state index in [1.165, 1.54) is 11.3 Å². The van der Waals surface area contributed by atoms with Gasteiger partial charge in [0, 0.05) is 22.8 Å². The molecule has 0 unspecified atom stereocenters. The number of ether oxygens (including phenoxy) is 2. The molecule has 27 heavy (non-hydrogen) atoms. The van der Waals surface area contributed by atoms with Crippen LogP contribution in [0.15, 0.2) is 60.1 Å². The first-order valence-corrected chi connectivity index (χ1v) is 8.89. The zero-order valence-electron chi connectivity index (χ0n) is 14.5. The second-order valence-corrected chi connectivity index (χ2v) is 6.28. The minimum absolute atomic E-state index is 0.126. The Kier molecular flexibility index (Phi) is 6.01. The predicted molar refractivity (Wildman–Crippen MR) is 104 cm³/mol. The summed E-state index contributed by atoms with van der Waals surface area (Å²) in [5, 5.41) is 7.73. The van der Waals surface area contributed by atoms with Crippen molar-refractivity contribution in [1.29, 1.82) is 0 Å². The molecule has 0 saturated carbocycles. The summed E-state index contributed by atoms with van der Waals surface area (Å²) in [4.78, 5) is 28.1. The molecule has 0 fully saturated rings. The Balaban J connectivity index is 1.49. The van der Waals surface area contributed by atoms with E-state index < -0.39 is 0 Å². The van der Waals surface area contributed by atoms with E-state index in [4.69, 9.17) is 9.47 Å². The molecule has 7 nitrogen and oxygen atoms in total. The third kappa shape index (κ3) is 5.29. The van der Waals surface area contributed by atoms with Gasteiger partial charge in [-0.3, -0.25) is 14.9 Å². The van der Waals surface area contributed by atoms with Gasteiger partial charge in [-0.05, 0) is 48.5 Å². The Labute approximate surface area is 160 Å². The van der Waals surface area contributed by atoms with Gasteiger partial charge in [-0.15, -0.1) is 11.3 Å². The van der Waals surface area contributed by atoms with Crippen molar-refractivity contribution in [3.05, 3.63) is 65.7 Å². The maximum absolute atomic E-state index is 12.1. The lowest BCUT2D eigenvalue weighted by atomic mass is 10.2. The van der Waals surface area contributed by atoms with Gasteiger partial charge in [0.15, 0.2) is 11.7 Å². The van der Waals surface area contributed by atoms with E-state index in [1.807, 2.05) is 0 Å². The van der Waals surface area contributed by atoms with Gasteiger partial charge in [-0.2, -0.15) is 0 Å². The summed E-state index contributed by atoms with van der Waals surface area (Å²) < 4.78 is 10.5. The number of nitrogens with zero attached hydrogens (tertiary/aromatic N) is 1. The van der Waals surface area contributed by atoms with Crippen molar-refractivity contribution in [1.82, 2.24) is 4.98 Å². The lowest BCUT2D eigenvalue weighted by molar-refractivity contribution is -0.118. The Morgan fingerprint density at radius 1 is 1.00 bits per heavy atom. The van der Waals surface area contributed by atoms with Gasteiger partial charge >= 0.3 is 0 Å². The van der Waals surface area contributed by atoms with E-state index in [-0.39, 0.29) is 18.4 Å². The number of amides is 2. The van der Waals surface area contributed by atoms with Crippen LogP contribution in [0.3, 0.4) is 0 Å². The SMILES string of the molecule is COc1ccc(OCC(=O)Nc2ccc(C(=O)Nc3nccs3)cc2)cc1. The molecule has 3 aromatic rings. The fourth-order valence-corrected chi connectivity index (χ4v) is 2.70. The molecule has 0 aliphatic carbocycles. The largest absolute Gasteiger partial charge is 0.497 e. The molecule has 0 spiro atoms. The fourth-order valence-electron chi connectivity index (χ4n) is 2.18. The standard InChI is InChI=1S/C19H17N3O4S/c1-25-15-6-8-16(9-7-15)26-12-17(23)21-14-4-2-13(3-5-14)18(24)22-19-20-10-11-27-19/h2-11H,12H2,1H3,(H,21,23)(H,20,22,24). The first kappa shape index (κ1) is 18.4. The van der Waals surface area contributed by atoms with E-state index in [0.717, 1.165) is 0 Å². The zero-order valence-corrected chi connectivity index (χ0v) is 15.3. The number of anilines is 2. The molecule has 0 saturated heterocycles. The number of aromatic nitrogens is 1. The van der Waals surface area contributed by atoms with Crippen molar-refractivity contribution < 1.29 is 19.1 Å². The molecule has 2 aromatic carbocycles. The van der Waals surface area contributed by atoms with Crippen LogP contribution in [-0.2, 0) is 4.79 Å². The van der Waals surface area contributed by atoms with E-state index in [1.54, 1.807) is 67.2 Å². The molecule has 0 bridgehead atoms. The lowest BCUT2D eigenvalue weighted by Gasteiger charge is -2.09. The summed E-state index contributed by atoms with van der Waals surface area (Å²) in [5.74, 6) is 0.724. The number of methoxy groups -OCH3 is 1. The van der Waals surface area contributed by atoms with Gasteiger partial charge in [0.25, 0.3) is 11.8 Å². The monoisotopic (exact) mass is 383 g/mol. The summed E-state index contributed by atoms with van der Waals surface area (Å²) in [5.41, 5.74) is 1.04. The van der Waals surface area contributed by atoms with Crippen molar-refractivity contribution in [2.45, 2.75) is 0 Å². The molecular formula is C19H17N3O4S. The van der Waals surface area contributed by atoms with E-state index in [2.05, 4.69) is 15.6 Å². The first-order valence-electron chi connectivity index (χ1n) is 8.01. The average molecular weight is 383 g/mol. The quantitative estimate of drug-likeness (QED) is 0.652. The molecular weight excluding hydrogens is 366 g/mol. The van der Waals surface area contributed by atoms with Gasteiger partial charge < -0.3 is 14.8 Å². The van der Waals surface area contributed by atoms with Gasteiger partial charge in [0.1, 0.15) is 11.5 Å². The van der Waals surface area contributed by atoms with Crippen LogP contribution in [0.25, 0.3) is 0 Å². The summed E-state index contributed by atoms with van der Waals surface area (Å²) >= 11 is 1.34. The summed E-state index contributed by atoms with van der Waals surface area (Å²) in [6.45, 7) is -0.126. The second kappa shape index (κ2) is 8.81. The van der Waals surface area contributed by atoms with Gasteiger partial charge in [-0.1, -0.05) is 0 Å². The smallest absolute Gasteiger partial charge is 0.262 e. The molecule has 0 radical (unpaired) electrons. The molecule has 0 atom stereocenters. The van der Waals surface area contributed by atoms with Gasteiger partial charge in [-0.25, -0.2) is 4.98 Å². The van der Waals surface area contributed by atoms with E-state index >= 15 is 0 Å². The number of carbonyl (C=O) groups is 2. The maximum atomic E-state index is 12.1. The molecule has 8 heteroatoms. The Bertz CT molecular complexity index is 894. The topological polar surface area (TPSA) is 89.5 Å². The highest BCUT2D eigenvalue weighted by Crippen LogP contribution is 2.17. The average Bonchev–Trinajstić information content (AvgIpc) is 3.20. The van der Waals surface area contributed by atoms with Crippen molar-refractivity contribution >= 4 is 34.0 Å². The molecule has 0 aliphatic heterocycles. The minimum atomic E-state index is -0.300. The Morgan fingerprint density at radius 2 is 1.70 bits per heavy atom. The number of thiazole rings is 1. The van der Waals surface area contributed by atoms with Crippen LogP contribution in [0.4, 0.5) is 10.8 Å². The summed E-state index contributed by atoms with van der Waals surface area (Å²) in [7, 11) is 1.58. The van der Waals surface area contributed by atoms with Crippen LogP contribution in [0.1, 0.15) is 10.4 Å². The van der Waals surface area contributed by atoms with Crippen LogP contribution in [0.2, 0.25) is 0 Å². The van der Waals surface area contributed by atoms with Crippen molar-refractivity contribution in [2.75, 3.05) is 24.4 Å². The van der Waals surface area contributed by atoms with E-state index in [0.29, 0.717) is 27.9 Å². The van der Waals surface area contributed by atoms with E-state index in [9.17, 15) is 9.59 Å². The molecule has 2 N–H and O–H groups in total. The van der Waals surface area contributed by atoms with Crippen LogP contribution in [-0.4, -0.2) is 30.5 Å². The van der Waals surface area contributed by atoms with Gasteiger partial charge in [0.2, 0.25) is 0 Å². The number of hydrogen-bond donors (Lipinski definition) is 2.